The summed E-state index contributed by atoms with van der Waals surface area (Å²) in [5.41, 5.74) is 1.94. The average Bonchev–Trinajstić information content (AvgIpc) is 2.81. The zero-order valence-corrected chi connectivity index (χ0v) is 19.0. The van der Waals surface area contributed by atoms with E-state index in [9.17, 15) is 26.3 Å². The second kappa shape index (κ2) is 10.3. The van der Waals surface area contributed by atoms with Crippen molar-refractivity contribution in [2.75, 3.05) is 6.61 Å². The molecule has 0 spiro atoms. The molecule has 186 valence electrons. The summed E-state index contributed by atoms with van der Waals surface area (Å²) in [5.74, 6) is -4.91. The van der Waals surface area contributed by atoms with E-state index in [1.165, 1.54) is 12.1 Å². The monoisotopic (exact) mass is 494 g/mol. The highest BCUT2D eigenvalue weighted by atomic mass is 19.4. The molecule has 0 aliphatic carbocycles. The van der Waals surface area contributed by atoms with Crippen molar-refractivity contribution in [3.8, 4) is 28.0 Å². The van der Waals surface area contributed by atoms with E-state index in [4.69, 9.17) is 4.74 Å². The van der Waals surface area contributed by atoms with E-state index < -0.39 is 29.6 Å². The number of hydrogen-bond donors (Lipinski definition) is 0. The van der Waals surface area contributed by atoms with Crippen LogP contribution < -0.4 is 4.74 Å². The van der Waals surface area contributed by atoms with Crippen LogP contribution in [0.25, 0.3) is 22.3 Å². The van der Waals surface area contributed by atoms with Crippen LogP contribution in [0.1, 0.15) is 44.3 Å². The van der Waals surface area contributed by atoms with Gasteiger partial charge in [0.15, 0.2) is 11.6 Å². The topological polar surface area (TPSA) is 18.5 Å². The van der Waals surface area contributed by atoms with Gasteiger partial charge in [0.2, 0.25) is 5.75 Å². The minimum absolute atomic E-state index is 0.0327. The molecule has 2 nitrogen and oxygen atoms in total. The Morgan fingerprint density at radius 1 is 0.829 bits per heavy atom. The summed E-state index contributed by atoms with van der Waals surface area (Å²) in [5, 5.41) is 0. The Hall–Kier alpha value is -3.00. The Labute approximate surface area is 199 Å². The maximum Gasteiger partial charge on any atom is 0.573 e. The molecule has 3 aromatic rings. The summed E-state index contributed by atoms with van der Waals surface area (Å²) < 4.78 is 89.4. The van der Waals surface area contributed by atoms with Gasteiger partial charge >= 0.3 is 6.36 Å². The number of benzene rings is 3. The normalized spacial score (nSPS) is 18.5. The smallest absolute Gasteiger partial charge is 0.399 e. The van der Waals surface area contributed by atoms with Crippen LogP contribution in [-0.4, -0.2) is 13.0 Å². The summed E-state index contributed by atoms with van der Waals surface area (Å²) in [6.07, 6.45) is -0.843. The number of alkyl halides is 3. The fourth-order valence-corrected chi connectivity index (χ4v) is 4.45. The molecule has 0 amide bonds. The molecule has 0 saturated carbocycles. The molecule has 4 rings (SSSR count). The highest BCUT2D eigenvalue weighted by Gasteiger charge is 2.34. The zero-order valence-electron chi connectivity index (χ0n) is 19.0. The maximum atomic E-state index is 14.8. The molecule has 1 saturated heterocycles. The second-order valence-corrected chi connectivity index (χ2v) is 8.69. The van der Waals surface area contributed by atoms with Crippen LogP contribution in [0.4, 0.5) is 26.3 Å². The fourth-order valence-electron chi connectivity index (χ4n) is 4.45. The molecule has 1 aliphatic rings. The van der Waals surface area contributed by atoms with Crippen molar-refractivity contribution in [2.24, 2.45) is 5.92 Å². The first-order valence-electron chi connectivity index (χ1n) is 11.4. The van der Waals surface area contributed by atoms with Gasteiger partial charge in [-0.15, -0.1) is 13.2 Å². The average molecular weight is 494 g/mol. The van der Waals surface area contributed by atoms with Crippen LogP contribution in [0.3, 0.4) is 0 Å². The lowest BCUT2D eigenvalue weighted by molar-refractivity contribution is -0.276. The van der Waals surface area contributed by atoms with Crippen LogP contribution in [0.2, 0.25) is 0 Å². The molecule has 8 heteroatoms. The maximum absolute atomic E-state index is 14.8. The Bertz CT molecular complexity index is 1140. The number of halogens is 6. The quantitative estimate of drug-likeness (QED) is 0.320. The van der Waals surface area contributed by atoms with Gasteiger partial charge in [0, 0.05) is 5.56 Å². The molecule has 0 bridgehead atoms. The van der Waals surface area contributed by atoms with Gasteiger partial charge in [-0.3, -0.25) is 0 Å². The van der Waals surface area contributed by atoms with Gasteiger partial charge in [-0.05, 0) is 65.6 Å². The highest BCUT2D eigenvalue weighted by Crippen LogP contribution is 2.36. The standard InChI is InChI=1S/C27H24F6O2/c1-2-3-16-4-11-25(34-15-16)18-7-5-17(6-8-18)19-9-10-21(22(28)12-19)20-13-23(29)26(24(30)14-20)35-27(31,32)33/h5-10,12-14,16,25H,2-4,11,15H2,1H3. The van der Waals surface area contributed by atoms with Gasteiger partial charge < -0.3 is 9.47 Å². The molecule has 1 aliphatic heterocycles. The number of hydrogen-bond acceptors (Lipinski definition) is 2. The lowest BCUT2D eigenvalue weighted by Gasteiger charge is -2.29. The van der Waals surface area contributed by atoms with E-state index in [1.807, 2.05) is 24.3 Å². The van der Waals surface area contributed by atoms with Crippen LogP contribution in [-0.2, 0) is 4.74 Å². The predicted molar refractivity (Wildman–Crippen MR) is 120 cm³/mol. The van der Waals surface area contributed by atoms with E-state index in [-0.39, 0.29) is 17.2 Å². The molecule has 0 radical (unpaired) electrons. The van der Waals surface area contributed by atoms with Crippen molar-refractivity contribution in [1.29, 1.82) is 0 Å². The summed E-state index contributed by atoms with van der Waals surface area (Å²) in [6.45, 7) is 2.91. The van der Waals surface area contributed by atoms with Gasteiger partial charge in [-0.25, -0.2) is 13.2 Å². The van der Waals surface area contributed by atoms with Crippen molar-refractivity contribution in [3.63, 3.8) is 0 Å². The predicted octanol–water partition coefficient (Wildman–Crippen LogP) is 8.60. The van der Waals surface area contributed by atoms with E-state index >= 15 is 0 Å². The molecule has 1 heterocycles. The Balaban J connectivity index is 1.51. The molecular weight excluding hydrogens is 470 g/mol. The first-order chi connectivity index (χ1) is 16.6. The summed E-state index contributed by atoms with van der Waals surface area (Å²) in [6, 6.07) is 12.9. The highest BCUT2D eigenvalue weighted by molar-refractivity contribution is 5.71. The largest absolute Gasteiger partial charge is 0.573 e. The third kappa shape index (κ3) is 5.99. The number of rotatable bonds is 6. The Morgan fingerprint density at radius 3 is 2.00 bits per heavy atom. The zero-order chi connectivity index (χ0) is 25.2. The minimum Gasteiger partial charge on any atom is -0.399 e. The lowest BCUT2D eigenvalue weighted by atomic mass is 9.91. The first-order valence-corrected chi connectivity index (χ1v) is 11.4. The molecule has 3 aromatic carbocycles. The van der Waals surface area contributed by atoms with Crippen LogP contribution in [0.15, 0.2) is 54.6 Å². The van der Waals surface area contributed by atoms with E-state index in [0.717, 1.165) is 43.4 Å². The Morgan fingerprint density at radius 2 is 1.46 bits per heavy atom. The van der Waals surface area contributed by atoms with Gasteiger partial charge in [-0.2, -0.15) is 0 Å². The van der Waals surface area contributed by atoms with E-state index in [2.05, 4.69) is 11.7 Å². The second-order valence-electron chi connectivity index (χ2n) is 8.69. The SMILES string of the molecule is CCCC1CCC(c2ccc(-c3ccc(-c4cc(F)c(OC(F)(F)F)c(F)c4)c(F)c3)cc2)OC1. The Kier molecular flexibility index (Phi) is 7.40. The molecule has 0 aromatic heterocycles. The van der Waals surface area contributed by atoms with Crippen molar-refractivity contribution < 1.29 is 35.8 Å². The van der Waals surface area contributed by atoms with Gasteiger partial charge in [0.05, 0.1) is 12.7 Å². The third-order valence-corrected chi connectivity index (χ3v) is 6.18. The molecule has 35 heavy (non-hydrogen) atoms. The molecule has 2 unspecified atom stereocenters. The van der Waals surface area contributed by atoms with Crippen molar-refractivity contribution >= 4 is 0 Å². The van der Waals surface area contributed by atoms with E-state index in [1.54, 1.807) is 6.07 Å². The van der Waals surface area contributed by atoms with Gasteiger partial charge in [-0.1, -0.05) is 49.7 Å². The van der Waals surface area contributed by atoms with Crippen molar-refractivity contribution in [3.05, 3.63) is 77.6 Å². The molecule has 1 fully saturated rings. The fraction of sp³-hybridized carbons (Fsp3) is 0.333. The summed E-state index contributed by atoms with van der Waals surface area (Å²) >= 11 is 0. The van der Waals surface area contributed by atoms with Crippen LogP contribution in [0.5, 0.6) is 5.75 Å². The number of ether oxygens (including phenoxy) is 2. The van der Waals surface area contributed by atoms with Crippen LogP contribution >= 0.6 is 0 Å². The molecule has 0 N–H and O–H groups in total. The summed E-state index contributed by atoms with van der Waals surface area (Å²) in [4.78, 5) is 0. The summed E-state index contributed by atoms with van der Waals surface area (Å²) in [7, 11) is 0. The first kappa shape index (κ1) is 25.1. The van der Waals surface area contributed by atoms with E-state index in [0.29, 0.717) is 23.6 Å². The minimum atomic E-state index is -5.26. The van der Waals surface area contributed by atoms with Crippen molar-refractivity contribution in [2.45, 2.75) is 45.1 Å². The third-order valence-electron chi connectivity index (χ3n) is 6.18. The van der Waals surface area contributed by atoms with Crippen molar-refractivity contribution in [1.82, 2.24) is 0 Å². The van der Waals surface area contributed by atoms with Gasteiger partial charge in [0.25, 0.3) is 0 Å². The lowest BCUT2D eigenvalue weighted by Crippen LogP contribution is -2.20. The van der Waals surface area contributed by atoms with Crippen LogP contribution in [0, 0.1) is 23.4 Å². The van der Waals surface area contributed by atoms with Gasteiger partial charge in [0.1, 0.15) is 5.82 Å². The molecular formula is C27H24F6O2. The molecule has 2 atom stereocenters.